The number of phosphoric ester groups is 3. The number of rotatable bonds is 13. The number of aliphatic hydroxyl groups excluding tert-OH is 1. The number of hydrogen-bond acceptors (Lipinski definition) is 18. The number of aliphatic hydroxyl groups is 2. The lowest BCUT2D eigenvalue weighted by atomic mass is 10.1. The first-order valence-corrected chi connectivity index (χ1v) is 20.0. The molecule has 5 rings (SSSR count). The van der Waals surface area contributed by atoms with E-state index in [0.717, 1.165) is 23.4 Å². The molecule has 284 valence electrons. The molecule has 3 aromatic rings. The first-order valence-electron chi connectivity index (χ1n) is 13.8. The average Bonchev–Trinajstić information content (AvgIpc) is 3.66. The van der Waals surface area contributed by atoms with E-state index in [1.807, 2.05) is 4.98 Å². The zero-order valence-electron chi connectivity index (χ0n) is 25.4. The van der Waals surface area contributed by atoms with E-state index >= 15 is 0 Å². The highest BCUT2D eigenvalue weighted by Gasteiger charge is 2.63. The Morgan fingerprint density at radius 3 is 2.33 bits per heavy atom. The quantitative estimate of drug-likeness (QED) is 0.0791. The number of aromatic nitrogens is 6. The summed E-state index contributed by atoms with van der Waals surface area (Å²) in [4.78, 5) is 96.2. The minimum absolute atomic E-state index is 0.0256. The smallest absolute Gasteiger partial charge is 0.386 e. The topological polar surface area (TPSA) is 410 Å². The van der Waals surface area contributed by atoms with Gasteiger partial charge in [-0.1, -0.05) is 0 Å². The summed E-state index contributed by atoms with van der Waals surface area (Å²) >= 11 is 0. The average molecular weight is 811 g/mol. The molecule has 51 heavy (non-hydrogen) atoms. The first-order chi connectivity index (χ1) is 23.4. The van der Waals surface area contributed by atoms with Crippen molar-refractivity contribution in [2.24, 2.45) is 0 Å². The van der Waals surface area contributed by atoms with Gasteiger partial charge in [0.2, 0.25) is 0 Å². The zero-order chi connectivity index (χ0) is 37.9. The Labute approximate surface area is 282 Å². The van der Waals surface area contributed by atoms with Gasteiger partial charge in [-0.25, -0.2) is 37.8 Å². The van der Waals surface area contributed by atoms with Crippen LogP contribution in [-0.2, 0) is 45.6 Å². The van der Waals surface area contributed by atoms with Gasteiger partial charge in [-0.15, -0.1) is 0 Å². The predicted molar refractivity (Wildman–Crippen MR) is 161 cm³/mol. The fourth-order valence-electron chi connectivity index (χ4n) is 5.16. The lowest BCUT2D eigenvalue weighted by Gasteiger charge is -2.32. The Morgan fingerprint density at radius 2 is 1.69 bits per heavy atom. The molecule has 0 aromatic carbocycles. The number of nitrogens with two attached hydrogens (primary N) is 1. The van der Waals surface area contributed by atoms with E-state index < -0.39 is 104 Å². The van der Waals surface area contributed by atoms with Crippen molar-refractivity contribution in [3.05, 3.63) is 45.3 Å². The highest BCUT2D eigenvalue weighted by molar-refractivity contribution is 7.64. The zero-order valence-corrected chi connectivity index (χ0v) is 29.0. The summed E-state index contributed by atoms with van der Waals surface area (Å²) in [5.74, 6) is -0.0852. The largest absolute Gasteiger partial charge is 0.479 e. The van der Waals surface area contributed by atoms with Gasteiger partial charge in [0.15, 0.2) is 23.0 Å². The number of imidazole rings is 1. The Hall–Kier alpha value is -2.61. The third-order valence-corrected chi connectivity index (χ3v) is 12.1. The number of phosphoric acid groups is 3. The maximum atomic E-state index is 13.5. The van der Waals surface area contributed by atoms with Crippen molar-refractivity contribution in [3.8, 4) is 0 Å². The minimum Gasteiger partial charge on any atom is -0.386 e. The normalized spacial score (nSPS) is 29.7. The fourth-order valence-corrected chi connectivity index (χ4v) is 9.17. The second-order valence-corrected chi connectivity index (χ2v) is 17.1. The van der Waals surface area contributed by atoms with E-state index in [2.05, 4.69) is 28.3 Å². The Bertz CT molecular complexity index is 2110. The van der Waals surface area contributed by atoms with Crippen LogP contribution in [-0.4, -0.2) is 112 Å². The van der Waals surface area contributed by atoms with Crippen LogP contribution in [0.3, 0.4) is 0 Å². The summed E-state index contributed by atoms with van der Waals surface area (Å²) in [5.41, 5.74) is 3.71. The molecule has 11 N–H and O–H groups in total. The Kier molecular flexibility index (Phi) is 10.9. The van der Waals surface area contributed by atoms with Gasteiger partial charge in [-0.2, -0.15) is 0 Å². The molecular formula is C20H29N7O20P4. The second kappa shape index (κ2) is 14.0. The van der Waals surface area contributed by atoms with Gasteiger partial charge >= 0.3 is 36.8 Å². The van der Waals surface area contributed by atoms with Crippen molar-refractivity contribution in [3.63, 3.8) is 0 Å². The molecule has 0 saturated carbocycles. The highest BCUT2D eigenvalue weighted by Crippen LogP contribution is 2.70. The minimum atomic E-state index is -6.02. The summed E-state index contributed by atoms with van der Waals surface area (Å²) in [6.07, 6.45) is -9.59. The van der Waals surface area contributed by atoms with Crippen LogP contribution in [0.4, 0.5) is 5.82 Å². The van der Waals surface area contributed by atoms with Crippen LogP contribution in [0.2, 0.25) is 0 Å². The number of nitrogens with zero attached hydrogens (tertiary/aromatic N) is 5. The third kappa shape index (κ3) is 8.47. The van der Waals surface area contributed by atoms with Crippen LogP contribution < -0.4 is 17.0 Å². The number of H-pyrrole nitrogens is 1. The van der Waals surface area contributed by atoms with Crippen LogP contribution in [0.5, 0.6) is 0 Å². The Morgan fingerprint density at radius 1 is 1.00 bits per heavy atom. The molecular weight excluding hydrogens is 782 g/mol. The Balaban J connectivity index is 1.38. The summed E-state index contributed by atoms with van der Waals surface area (Å²) in [6.45, 7) is -1.35. The fraction of sp³-hybridized carbons (Fsp3) is 0.550. The first kappa shape index (κ1) is 39.6. The number of nitrogens with one attached hydrogen (secondary N) is 1. The predicted octanol–water partition coefficient (Wildman–Crippen LogP) is -2.59. The second-order valence-electron chi connectivity index (χ2n) is 11.0. The molecule has 2 fully saturated rings. The van der Waals surface area contributed by atoms with Crippen molar-refractivity contribution < 1.29 is 85.2 Å². The van der Waals surface area contributed by atoms with Gasteiger partial charge in [0.1, 0.15) is 42.5 Å². The third-order valence-electron chi connectivity index (χ3n) is 7.50. The number of aryl methyl sites for hydroxylation is 1. The van der Waals surface area contributed by atoms with Crippen LogP contribution in [0.25, 0.3) is 11.2 Å². The van der Waals surface area contributed by atoms with Gasteiger partial charge in [-0.05, 0) is 6.92 Å². The number of fused-ring (bicyclic) bond motifs is 1. The molecule has 31 heteroatoms. The van der Waals surface area contributed by atoms with E-state index in [4.69, 9.17) is 29.5 Å². The van der Waals surface area contributed by atoms with E-state index in [-0.39, 0.29) is 22.5 Å². The number of nitrogen functional groups attached to an aromatic ring is 1. The summed E-state index contributed by atoms with van der Waals surface area (Å²) in [7, 11) is -22.7. The molecule has 2 saturated heterocycles. The van der Waals surface area contributed by atoms with Gasteiger partial charge in [0.25, 0.3) is 5.56 Å². The van der Waals surface area contributed by atoms with Crippen molar-refractivity contribution in [2.45, 2.75) is 55.6 Å². The lowest BCUT2D eigenvalue weighted by molar-refractivity contribution is -0.0612. The number of hydrogen-bond donors (Lipinski definition) is 10. The number of ether oxygens (including phenoxy) is 2. The highest BCUT2D eigenvalue weighted by atomic mass is 31.3. The molecule has 0 bridgehead atoms. The van der Waals surface area contributed by atoms with Crippen LogP contribution >= 0.6 is 31.1 Å². The van der Waals surface area contributed by atoms with E-state index in [1.54, 1.807) is 0 Å². The van der Waals surface area contributed by atoms with Gasteiger partial charge in [0.05, 0.1) is 19.5 Å². The van der Waals surface area contributed by atoms with Crippen molar-refractivity contribution in [1.82, 2.24) is 29.1 Å². The standard InChI is InChI=1S/C20H29N7O20P4/c1-8-3-26(19(30)25-17(8)29)11-2-20(31,10(45-11)5-42-49(34,35)36)48(32,33)47-51(40,41)43-4-9-14(46-50(37,38)39)13(28)18(44-9)27-7-24-12-15(21)22-6-23-16(12)27/h3,6-7,9-11,13-14,18,28,31H,2,4-5H2,1H3,(H,32,33)(H,40,41)(H2,21,22,23)(H,25,29,30)(H2,34,35,36)(H2,37,38,39)/t9-,10-,11-,13-,14-,18-,20-/m1/s1. The van der Waals surface area contributed by atoms with Crippen molar-refractivity contribution in [1.29, 1.82) is 0 Å². The molecule has 0 radical (unpaired) electrons. The molecule has 9 atom stereocenters. The van der Waals surface area contributed by atoms with Crippen LogP contribution in [0.15, 0.2) is 28.4 Å². The van der Waals surface area contributed by atoms with E-state index in [1.165, 1.54) is 6.92 Å². The molecule has 2 unspecified atom stereocenters. The SMILES string of the molecule is Cc1cn([C@H]2C[C@@](O)(P(=O)(O)OP(=O)(O)OC[C@H]3O[C@@H](n4cnc5c(N)ncnc54)[C@H](O)[C@@H]3OP(=O)(O)O)[C@@H](COP(=O)(O)O)O2)c(=O)[nH]c1=O. The molecule has 2 aliphatic heterocycles. The van der Waals surface area contributed by atoms with Crippen LogP contribution in [0.1, 0.15) is 24.4 Å². The maximum Gasteiger partial charge on any atom is 0.479 e. The molecule has 2 aliphatic rings. The molecule has 0 amide bonds. The van der Waals surface area contributed by atoms with E-state index in [9.17, 15) is 57.6 Å². The summed E-state index contributed by atoms with van der Waals surface area (Å²) in [6, 6.07) is 0. The molecule has 27 nitrogen and oxygen atoms in total. The lowest BCUT2D eigenvalue weighted by Crippen LogP contribution is -2.41. The molecule has 0 aliphatic carbocycles. The van der Waals surface area contributed by atoms with Crippen molar-refractivity contribution >= 4 is 48.0 Å². The van der Waals surface area contributed by atoms with Crippen LogP contribution in [0, 0.1) is 6.92 Å². The number of anilines is 1. The molecule has 0 spiro atoms. The monoisotopic (exact) mass is 811 g/mol. The molecule has 5 heterocycles. The summed E-state index contributed by atoms with van der Waals surface area (Å²) < 4.78 is 80.3. The van der Waals surface area contributed by atoms with E-state index in [0.29, 0.717) is 4.57 Å². The van der Waals surface area contributed by atoms with Gasteiger partial charge < -0.3 is 54.8 Å². The van der Waals surface area contributed by atoms with Crippen molar-refractivity contribution in [2.75, 3.05) is 18.9 Å². The maximum absolute atomic E-state index is 13.5. The van der Waals surface area contributed by atoms with Gasteiger partial charge in [-0.3, -0.25) is 37.0 Å². The van der Waals surface area contributed by atoms with Gasteiger partial charge in [0, 0.05) is 18.2 Å². The number of aromatic amines is 1. The summed E-state index contributed by atoms with van der Waals surface area (Å²) in [5, 5.41) is 18.9. The molecule has 3 aromatic heterocycles.